The van der Waals surface area contributed by atoms with Crippen LogP contribution in [0.2, 0.25) is 0 Å². The summed E-state index contributed by atoms with van der Waals surface area (Å²) in [6.07, 6.45) is 0.940. The highest BCUT2D eigenvalue weighted by Gasteiger charge is 2.32. The molecule has 112 valence electrons. The molecule has 0 aromatic heterocycles. The zero-order valence-corrected chi connectivity index (χ0v) is 12.9. The molecular weight excluding hydrogens is 270 g/mol. The van der Waals surface area contributed by atoms with E-state index < -0.39 is 22.3 Å². The molecule has 0 saturated heterocycles. The largest absolute Gasteiger partial charge is 0.409 e. The van der Waals surface area contributed by atoms with E-state index in [2.05, 4.69) is 6.58 Å². The second-order valence-corrected chi connectivity index (χ2v) is 6.79. The van der Waals surface area contributed by atoms with Gasteiger partial charge in [0.25, 0.3) is 10.1 Å². The zero-order valence-electron chi connectivity index (χ0n) is 12.0. The van der Waals surface area contributed by atoms with Crippen LogP contribution in [0.25, 0.3) is 0 Å². The van der Waals surface area contributed by atoms with Crippen molar-refractivity contribution >= 4 is 16.1 Å². The molecule has 7 heteroatoms. The van der Waals surface area contributed by atoms with Crippen molar-refractivity contribution in [3.05, 3.63) is 12.2 Å². The van der Waals surface area contributed by atoms with Gasteiger partial charge in [0.2, 0.25) is 6.23 Å². The van der Waals surface area contributed by atoms with Crippen LogP contribution in [0.1, 0.15) is 26.7 Å². The Balaban J connectivity index is 4.83. The highest BCUT2D eigenvalue weighted by molar-refractivity contribution is 7.85. The van der Waals surface area contributed by atoms with Gasteiger partial charge in [-0.2, -0.15) is 8.42 Å². The predicted molar refractivity (Wildman–Crippen MR) is 73.0 cm³/mol. The molecule has 0 saturated carbocycles. The first kappa shape index (κ1) is 18.1. The second-order valence-electron chi connectivity index (χ2n) is 5.22. The number of hydrogen-bond donors (Lipinski definition) is 1. The third-order valence-corrected chi connectivity index (χ3v) is 3.53. The molecule has 0 rings (SSSR count). The Morgan fingerprint density at radius 3 is 2.32 bits per heavy atom. The number of ether oxygens (including phenoxy) is 1. The lowest BCUT2D eigenvalue weighted by Gasteiger charge is -2.36. The Hall–Kier alpha value is -0.920. The number of rotatable bonds is 8. The van der Waals surface area contributed by atoms with Gasteiger partial charge < -0.3 is 4.74 Å². The maximum atomic E-state index is 11.6. The van der Waals surface area contributed by atoms with E-state index in [-0.39, 0.29) is 16.8 Å². The summed E-state index contributed by atoms with van der Waals surface area (Å²) in [5.41, 5.74) is 0.302. The van der Waals surface area contributed by atoms with Gasteiger partial charge in [-0.1, -0.05) is 13.5 Å². The summed E-state index contributed by atoms with van der Waals surface area (Å²) in [5.74, 6) is -0.860. The van der Waals surface area contributed by atoms with Crippen molar-refractivity contribution in [1.29, 1.82) is 0 Å². The summed E-state index contributed by atoms with van der Waals surface area (Å²) in [6.45, 7) is 7.19. The smallest absolute Gasteiger partial charge is 0.337 e. The van der Waals surface area contributed by atoms with E-state index in [0.29, 0.717) is 12.0 Å². The fraction of sp³-hybridized carbons (Fsp3) is 0.750. The minimum atomic E-state index is -4.02. The van der Waals surface area contributed by atoms with Crippen molar-refractivity contribution in [2.75, 3.05) is 26.4 Å². The molecule has 6 nitrogen and oxygen atoms in total. The van der Waals surface area contributed by atoms with Crippen LogP contribution in [0, 0.1) is 0 Å². The van der Waals surface area contributed by atoms with Crippen molar-refractivity contribution in [3.63, 3.8) is 0 Å². The van der Waals surface area contributed by atoms with Gasteiger partial charge in [0.05, 0.1) is 20.6 Å². The van der Waals surface area contributed by atoms with Crippen LogP contribution < -0.4 is 0 Å². The maximum Gasteiger partial charge on any atom is 0.337 e. The van der Waals surface area contributed by atoms with Crippen LogP contribution in [0.5, 0.6) is 0 Å². The van der Waals surface area contributed by atoms with Crippen molar-refractivity contribution in [1.82, 2.24) is 0 Å². The normalized spacial score (nSPS) is 13.9. The first-order valence-electron chi connectivity index (χ1n) is 6.14. The first-order valence-corrected chi connectivity index (χ1v) is 7.75. The fourth-order valence-electron chi connectivity index (χ4n) is 1.52. The molecular formula is C12H24NO5S+. The van der Waals surface area contributed by atoms with Crippen molar-refractivity contribution in [2.24, 2.45) is 0 Å². The topological polar surface area (TPSA) is 80.7 Å². The minimum Gasteiger partial charge on any atom is -0.409 e. The lowest BCUT2D eigenvalue weighted by molar-refractivity contribution is -0.933. The summed E-state index contributed by atoms with van der Waals surface area (Å²) in [4.78, 5) is 11.6. The summed E-state index contributed by atoms with van der Waals surface area (Å²) >= 11 is 0. The molecule has 19 heavy (non-hydrogen) atoms. The van der Waals surface area contributed by atoms with Crippen LogP contribution >= 0.6 is 0 Å². The third kappa shape index (κ3) is 7.29. The van der Waals surface area contributed by atoms with E-state index in [9.17, 15) is 13.2 Å². The SMILES string of the molecule is C=C(C)C(=O)OC(CCC)[N+](C)(C)CCS(=O)(=O)O. The number of carbonyl (C=O) groups is 1. The highest BCUT2D eigenvalue weighted by atomic mass is 32.2. The number of esters is 1. The molecule has 0 radical (unpaired) electrons. The Morgan fingerprint density at radius 2 is 1.95 bits per heavy atom. The number of hydrogen-bond acceptors (Lipinski definition) is 4. The van der Waals surface area contributed by atoms with E-state index in [4.69, 9.17) is 9.29 Å². The Morgan fingerprint density at radius 1 is 1.42 bits per heavy atom. The zero-order chi connectivity index (χ0) is 15.3. The monoisotopic (exact) mass is 294 g/mol. The van der Waals surface area contributed by atoms with Crippen LogP contribution in [0.4, 0.5) is 0 Å². The van der Waals surface area contributed by atoms with Gasteiger partial charge in [0.1, 0.15) is 5.75 Å². The molecule has 0 fully saturated rings. The maximum absolute atomic E-state index is 11.6. The van der Waals surface area contributed by atoms with Gasteiger partial charge in [-0.15, -0.1) is 0 Å². The van der Waals surface area contributed by atoms with Crippen molar-refractivity contribution in [3.8, 4) is 0 Å². The highest BCUT2D eigenvalue weighted by Crippen LogP contribution is 2.16. The molecule has 0 aromatic rings. The van der Waals surface area contributed by atoms with Gasteiger partial charge in [-0.3, -0.25) is 9.04 Å². The second kappa shape index (κ2) is 7.02. The van der Waals surface area contributed by atoms with Gasteiger partial charge in [-0.25, -0.2) is 4.79 Å². The van der Waals surface area contributed by atoms with Crippen LogP contribution in [-0.2, 0) is 19.6 Å². The van der Waals surface area contributed by atoms with E-state index in [1.54, 1.807) is 21.0 Å². The van der Waals surface area contributed by atoms with Crippen LogP contribution in [0.15, 0.2) is 12.2 Å². The lowest BCUT2D eigenvalue weighted by atomic mass is 10.2. The van der Waals surface area contributed by atoms with Gasteiger partial charge in [0, 0.05) is 12.0 Å². The molecule has 0 aromatic carbocycles. The van der Waals surface area contributed by atoms with Crippen LogP contribution in [0.3, 0.4) is 0 Å². The molecule has 1 unspecified atom stereocenters. The quantitative estimate of drug-likeness (QED) is 0.239. The Bertz CT molecular complexity index is 427. The van der Waals surface area contributed by atoms with E-state index in [1.165, 1.54) is 0 Å². The van der Waals surface area contributed by atoms with E-state index >= 15 is 0 Å². The molecule has 0 aliphatic rings. The summed E-state index contributed by atoms with van der Waals surface area (Å²) < 4.78 is 35.9. The summed E-state index contributed by atoms with van der Waals surface area (Å²) in [5, 5.41) is 0. The van der Waals surface area contributed by atoms with E-state index in [0.717, 1.165) is 6.42 Å². The third-order valence-electron chi connectivity index (χ3n) is 2.83. The van der Waals surface area contributed by atoms with Crippen molar-refractivity contribution < 1.29 is 27.0 Å². The van der Waals surface area contributed by atoms with Crippen molar-refractivity contribution in [2.45, 2.75) is 32.9 Å². The Kier molecular flexibility index (Phi) is 6.68. The first-order chi connectivity index (χ1) is 8.49. The minimum absolute atomic E-state index is 0.160. The fourth-order valence-corrected chi connectivity index (χ4v) is 2.22. The average molecular weight is 294 g/mol. The molecule has 0 aliphatic carbocycles. The lowest BCUT2D eigenvalue weighted by Crippen LogP contribution is -2.53. The molecule has 1 atom stereocenters. The summed E-state index contributed by atoms with van der Waals surface area (Å²) in [7, 11) is -0.502. The Labute approximate surface area is 115 Å². The average Bonchev–Trinajstić information content (AvgIpc) is 2.24. The van der Waals surface area contributed by atoms with Gasteiger partial charge >= 0.3 is 5.97 Å². The standard InChI is InChI=1S/C12H23NO5S/c1-6-7-11(18-12(14)10(2)3)13(4,5)8-9-19(15,16)17/h11H,2,6-9H2,1,3-5H3/p+1. The van der Waals surface area contributed by atoms with Gasteiger partial charge in [0.15, 0.2) is 0 Å². The molecule has 0 heterocycles. The molecule has 0 spiro atoms. The number of quaternary nitrogens is 1. The van der Waals surface area contributed by atoms with Gasteiger partial charge in [-0.05, 0) is 13.3 Å². The molecule has 0 bridgehead atoms. The van der Waals surface area contributed by atoms with E-state index in [1.807, 2.05) is 6.92 Å². The molecule has 0 aliphatic heterocycles. The number of carbonyl (C=O) groups excluding carboxylic acids is 1. The molecule has 0 amide bonds. The van der Waals surface area contributed by atoms with Crippen LogP contribution in [-0.4, -0.2) is 56.0 Å². The predicted octanol–water partition coefficient (Wildman–Crippen LogP) is 1.20. The summed E-state index contributed by atoms with van der Waals surface area (Å²) in [6, 6.07) is 0. The number of nitrogens with zero attached hydrogens (tertiary/aromatic N) is 1. The molecule has 1 N–H and O–H groups in total.